The van der Waals surface area contributed by atoms with Crippen LogP contribution < -0.4 is 0 Å². The van der Waals surface area contributed by atoms with E-state index in [2.05, 4.69) is 0 Å². The summed E-state index contributed by atoms with van der Waals surface area (Å²) in [4.78, 5) is 1.09. The van der Waals surface area contributed by atoms with E-state index in [-0.39, 0.29) is 11.3 Å². The second-order valence-corrected chi connectivity index (χ2v) is 8.54. The molecule has 0 atom stereocenters. The molecule has 4 nitrogen and oxygen atoms in total. The van der Waals surface area contributed by atoms with Crippen LogP contribution in [0.5, 0.6) is 0 Å². The third-order valence-electron chi connectivity index (χ3n) is 3.41. The van der Waals surface area contributed by atoms with Gasteiger partial charge in [0, 0.05) is 30.7 Å². The molecular weight excluding hydrogens is 282 g/mol. The highest BCUT2D eigenvalue weighted by atomic mass is 32.2. The molecule has 1 saturated heterocycles. The molecule has 108 valence electrons. The predicted molar refractivity (Wildman–Crippen MR) is 77.8 cm³/mol. The minimum atomic E-state index is -3.23. The Labute approximate surface area is 119 Å². The maximum Gasteiger partial charge on any atom is 0.217 e. The molecule has 1 aliphatic heterocycles. The summed E-state index contributed by atoms with van der Waals surface area (Å²) in [5, 5.41) is 1.61. The van der Waals surface area contributed by atoms with Gasteiger partial charge in [0.05, 0.1) is 5.25 Å². The first-order valence-electron chi connectivity index (χ1n) is 6.62. The molecule has 0 amide bonds. The summed E-state index contributed by atoms with van der Waals surface area (Å²) in [6.07, 6.45) is 1.58. The van der Waals surface area contributed by atoms with Gasteiger partial charge in [-0.3, -0.25) is 0 Å². The first-order chi connectivity index (χ1) is 9.01. The highest BCUT2D eigenvalue weighted by molar-refractivity contribution is 7.89. The Kier molecular flexibility index (Phi) is 5.00. The molecule has 0 saturated carbocycles. The summed E-state index contributed by atoms with van der Waals surface area (Å²) in [5.74, 6) is 0. The maximum absolute atomic E-state index is 12.5. The Morgan fingerprint density at radius 3 is 2.63 bits per heavy atom. The highest BCUT2D eigenvalue weighted by Crippen LogP contribution is 2.24. The van der Waals surface area contributed by atoms with Crippen molar-refractivity contribution in [3.05, 3.63) is 22.4 Å². The second-order valence-electron chi connectivity index (χ2n) is 5.06. The third kappa shape index (κ3) is 3.56. The predicted octanol–water partition coefficient (Wildman–Crippen LogP) is 2.47. The first kappa shape index (κ1) is 15.0. The Balaban J connectivity index is 2.22. The Morgan fingerprint density at radius 1 is 1.42 bits per heavy atom. The molecule has 0 aliphatic carbocycles. The Hall–Kier alpha value is -0.430. The van der Waals surface area contributed by atoms with Gasteiger partial charge in [0.15, 0.2) is 0 Å². The average Bonchev–Trinajstić information content (AvgIpc) is 2.89. The van der Waals surface area contributed by atoms with Gasteiger partial charge in [-0.1, -0.05) is 6.07 Å². The van der Waals surface area contributed by atoms with Gasteiger partial charge in [0.1, 0.15) is 0 Å². The summed E-state index contributed by atoms with van der Waals surface area (Å²) in [7, 11) is -3.23. The zero-order valence-corrected chi connectivity index (χ0v) is 13.0. The van der Waals surface area contributed by atoms with Gasteiger partial charge in [-0.05, 0) is 38.1 Å². The Bertz CT molecular complexity index is 476. The monoisotopic (exact) mass is 303 g/mol. The number of hydrogen-bond donors (Lipinski definition) is 0. The fourth-order valence-corrected chi connectivity index (χ4v) is 4.50. The quantitative estimate of drug-likeness (QED) is 0.839. The lowest BCUT2D eigenvalue weighted by atomic mass is 10.1. The number of nitrogens with zero attached hydrogens (tertiary/aromatic N) is 1. The van der Waals surface area contributed by atoms with Crippen LogP contribution in [-0.2, 0) is 21.3 Å². The fourth-order valence-electron chi connectivity index (χ4n) is 2.23. The summed E-state index contributed by atoms with van der Waals surface area (Å²) in [5.41, 5.74) is 0. The fraction of sp³-hybridized carbons (Fsp3) is 0.692. The van der Waals surface area contributed by atoms with Crippen molar-refractivity contribution in [1.29, 1.82) is 0 Å². The second kappa shape index (κ2) is 6.35. The van der Waals surface area contributed by atoms with Crippen molar-refractivity contribution in [1.82, 2.24) is 4.31 Å². The van der Waals surface area contributed by atoms with Crippen molar-refractivity contribution >= 4 is 21.4 Å². The molecule has 6 heteroatoms. The van der Waals surface area contributed by atoms with Gasteiger partial charge in [0.2, 0.25) is 10.0 Å². The van der Waals surface area contributed by atoms with Crippen LogP contribution in [0, 0.1) is 0 Å². The molecule has 1 fully saturated rings. The van der Waals surface area contributed by atoms with Crippen LogP contribution >= 0.6 is 11.3 Å². The maximum atomic E-state index is 12.5. The van der Waals surface area contributed by atoms with Gasteiger partial charge in [-0.25, -0.2) is 8.42 Å². The van der Waals surface area contributed by atoms with Crippen molar-refractivity contribution in [2.45, 2.75) is 44.5 Å². The lowest BCUT2D eigenvalue weighted by Crippen LogP contribution is -2.45. The molecule has 0 N–H and O–H groups in total. The number of ether oxygens (including phenoxy) is 1. The van der Waals surface area contributed by atoms with Crippen molar-refractivity contribution < 1.29 is 13.2 Å². The average molecular weight is 303 g/mol. The number of hydrogen-bond acceptors (Lipinski definition) is 4. The Morgan fingerprint density at radius 2 is 2.11 bits per heavy atom. The number of thiophene rings is 1. The lowest BCUT2D eigenvalue weighted by molar-refractivity contribution is 0.0569. The van der Waals surface area contributed by atoms with Crippen LogP contribution in [-0.4, -0.2) is 37.2 Å². The molecule has 0 radical (unpaired) electrons. The largest absolute Gasteiger partial charge is 0.381 e. The standard InChI is InChI=1S/C13H21NO3S2/c1-11(2)19(15,16)14(10-13-4-3-9-18-13)12-5-7-17-8-6-12/h3-4,9,11-12H,5-8,10H2,1-2H3. The number of sulfonamides is 1. The van der Waals surface area contributed by atoms with Gasteiger partial charge in [0.25, 0.3) is 0 Å². The normalized spacial score (nSPS) is 18.3. The molecule has 0 spiro atoms. The van der Waals surface area contributed by atoms with E-state index in [1.54, 1.807) is 29.5 Å². The SMILES string of the molecule is CC(C)S(=O)(=O)N(Cc1cccs1)C1CCOCC1. The summed E-state index contributed by atoms with van der Waals surface area (Å²) in [6.45, 7) is 5.29. The van der Waals surface area contributed by atoms with Crippen molar-refractivity contribution in [3.8, 4) is 0 Å². The first-order valence-corrected chi connectivity index (χ1v) is 9.01. The molecule has 0 unspecified atom stereocenters. The van der Waals surface area contributed by atoms with Gasteiger partial charge < -0.3 is 4.74 Å². The molecule has 1 aromatic heterocycles. The minimum Gasteiger partial charge on any atom is -0.381 e. The van der Waals surface area contributed by atoms with E-state index in [9.17, 15) is 8.42 Å². The minimum absolute atomic E-state index is 0.0725. The molecule has 1 aromatic rings. The molecule has 2 rings (SSSR count). The molecule has 0 aromatic carbocycles. The zero-order chi connectivity index (χ0) is 13.9. The topological polar surface area (TPSA) is 46.6 Å². The lowest BCUT2D eigenvalue weighted by Gasteiger charge is -2.34. The van der Waals surface area contributed by atoms with Crippen molar-refractivity contribution in [3.63, 3.8) is 0 Å². The molecular formula is C13H21NO3S2. The van der Waals surface area contributed by atoms with E-state index in [1.807, 2.05) is 17.5 Å². The number of rotatable bonds is 5. The molecule has 0 bridgehead atoms. The van der Waals surface area contributed by atoms with E-state index in [0.29, 0.717) is 19.8 Å². The van der Waals surface area contributed by atoms with E-state index in [1.165, 1.54) is 0 Å². The van der Waals surface area contributed by atoms with Crippen LogP contribution in [0.1, 0.15) is 31.6 Å². The highest BCUT2D eigenvalue weighted by Gasteiger charge is 2.33. The molecule has 1 aliphatic rings. The molecule has 19 heavy (non-hydrogen) atoms. The van der Waals surface area contributed by atoms with Crippen LogP contribution in [0.2, 0.25) is 0 Å². The van der Waals surface area contributed by atoms with Gasteiger partial charge >= 0.3 is 0 Å². The van der Waals surface area contributed by atoms with E-state index >= 15 is 0 Å². The van der Waals surface area contributed by atoms with E-state index in [0.717, 1.165) is 17.7 Å². The van der Waals surface area contributed by atoms with Crippen molar-refractivity contribution in [2.75, 3.05) is 13.2 Å². The van der Waals surface area contributed by atoms with Crippen molar-refractivity contribution in [2.24, 2.45) is 0 Å². The smallest absolute Gasteiger partial charge is 0.217 e. The summed E-state index contributed by atoms with van der Waals surface area (Å²) in [6, 6.07) is 4.03. The summed E-state index contributed by atoms with van der Waals surface area (Å²) < 4.78 is 32.1. The summed E-state index contributed by atoms with van der Waals surface area (Å²) >= 11 is 1.61. The molecule has 2 heterocycles. The van der Waals surface area contributed by atoms with Crippen LogP contribution in [0.25, 0.3) is 0 Å². The third-order valence-corrected chi connectivity index (χ3v) is 6.55. The van der Waals surface area contributed by atoms with Gasteiger partial charge in [-0.2, -0.15) is 4.31 Å². The van der Waals surface area contributed by atoms with Crippen LogP contribution in [0.15, 0.2) is 17.5 Å². The van der Waals surface area contributed by atoms with Crippen LogP contribution in [0.4, 0.5) is 0 Å². The zero-order valence-electron chi connectivity index (χ0n) is 11.4. The van der Waals surface area contributed by atoms with Gasteiger partial charge in [-0.15, -0.1) is 11.3 Å². The van der Waals surface area contributed by atoms with Crippen LogP contribution in [0.3, 0.4) is 0 Å². The van der Waals surface area contributed by atoms with E-state index < -0.39 is 10.0 Å². The van der Waals surface area contributed by atoms with E-state index in [4.69, 9.17) is 4.74 Å².